The molecular formula is C38H22N8. The maximum atomic E-state index is 5.21. The number of para-hydroxylation sites is 2. The van der Waals surface area contributed by atoms with Gasteiger partial charge < -0.3 is 0 Å². The predicted molar refractivity (Wildman–Crippen MR) is 182 cm³/mol. The average Bonchev–Trinajstić information content (AvgIpc) is 3.64. The lowest BCUT2D eigenvalue weighted by atomic mass is 10.0. The van der Waals surface area contributed by atoms with E-state index >= 15 is 0 Å². The monoisotopic (exact) mass is 590 g/mol. The van der Waals surface area contributed by atoms with E-state index in [1.165, 1.54) is 0 Å². The lowest BCUT2D eigenvalue weighted by molar-refractivity contribution is 0.884. The molecule has 0 bridgehead atoms. The third kappa shape index (κ3) is 3.49. The molecule has 0 aliphatic rings. The Balaban J connectivity index is 1.37. The van der Waals surface area contributed by atoms with E-state index < -0.39 is 0 Å². The molecule has 0 saturated carbocycles. The van der Waals surface area contributed by atoms with Crippen LogP contribution in [-0.4, -0.2) is 39.0 Å². The zero-order valence-corrected chi connectivity index (χ0v) is 24.3. The molecule has 46 heavy (non-hydrogen) atoms. The molecule has 0 unspecified atom stereocenters. The first-order valence-electron chi connectivity index (χ1n) is 15.1. The third-order valence-corrected chi connectivity index (χ3v) is 8.73. The van der Waals surface area contributed by atoms with Crippen molar-refractivity contribution in [3.63, 3.8) is 0 Å². The first-order chi connectivity index (χ1) is 22.8. The van der Waals surface area contributed by atoms with E-state index in [0.717, 1.165) is 71.1 Å². The standard InChI is InChI=1S/C38H22N8/c1-3-16-30-25(11-1)27-14-7-21-40-35(27)45(30)37-42-34(29-13-5-9-23-18-19-24-10-6-20-39-33(24)32(23)29)43-38(44-37)46-31-17-4-2-12-26(31)28-15-8-22-41-36(28)46/h1-22H. The van der Waals surface area contributed by atoms with Crippen LogP contribution < -0.4 is 0 Å². The van der Waals surface area contributed by atoms with Crippen molar-refractivity contribution in [1.29, 1.82) is 0 Å². The van der Waals surface area contributed by atoms with Gasteiger partial charge in [0.25, 0.3) is 0 Å². The van der Waals surface area contributed by atoms with Gasteiger partial charge in [0.15, 0.2) is 5.82 Å². The second-order valence-electron chi connectivity index (χ2n) is 11.3. The highest BCUT2D eigenvalue weighted by Gasteiger charge is 2.22. The van der Waals surface area contributed by atoms with E-state index in [-0.39, 0.29) is 0 Å². The highest BCUT2D eigenvalue weighted by molar-refractivity contribution is 6.12. The number of aromatic nitrogens is 8. The Labute approximate surface area is 261 Å². The molecule has 8 nitrogen and oxygen atoms in total. The van der Waals surface area contributed by atoms with Crippen molar-refractivity contribution in [2.45, 2.75) is 0 Å². The van der Waals surface area contributed by atoms with Gasteiger partial charge in [0.1, 0.15) is 11.3 Å². The van der Waals surface area contributed by atoms with Gasteiger partial charge in [-0.15, -0.1) is 0 Å². The SMILES string of the molecule is c1cnc2c(c1)ccc1cccc(-c3nc(-n4c5ccccc5c5cccnc54)nc(-n4c5ccccc5c5cccnc54)n3)c12. The molecule has 0 saturated heterocycles. The van der Waals surface area contributed by atoms with Crippen molar-refractivity contribution in [2.24, 2.45) is 0 Å². The maximum Gasteiger partial charge on any atom is 0.241 e. The largest absolute Gasteiger partial charge is 0.262 e. The maximum absolute atomic E-state index is 5.21. The van der Waals surface area contributed by atoms with E-state index in [2.05, 4.69) is 66.7 Å². The number of benzene rings is 4. The molecule has 8 heteroatoms. The van der Waals surface area contributed by atoms with Crippen molar-refractivity contribution in [2.75, 3.05) is 0 Å². The van der Waals surface area contributed by atoms with Crippen LogP contribution in [0, 0.1) is 0 Å². The van der Waals surface area contributed by atoms with E-state index in [0.29, 0.717) is 17.7 Å². The van der Waals surface area contributed by atoms with Crippen molar-refractivity contribution in [3.05, 3.63) is 134 Å². The van der Waals surface area contributed by atoms with Gasteiger partial charge in [-0.25, -0.2) is 9.97 Å². The van der Waals surface area contributed by atoms with Crippen molar-refractivity contribution in [1.82, 2.24) is 39.0 Å². The Morgan fingerprint density at radius 2 is 0.957 bits per heavy atom. The third-order valence-electron chi connectivity index (χ3n) is 8.73. The summed E-state index contributed by atoms with van der Waals surface area (Å²) in [7, 11) is 0. The average molecular weight is 591 g/mol. The summed E-state index contributed by atoms with van der Waals surface area (Å²) < 4.78 is 4.06. The zero-order valence-electron chi connectivity index (χ0n) is 24.3. The Bertz CT molecular complexity index is 2590. The fourth-order valence-electron chi connectivity index (χ4n) is 6.77. The second kappa shape index (κ2) is 9.48. The summed E-state index contributed by atoms with van der Waals surface area (Å²) >= 11 is 0. The highest BCUT2D eigenvalue weighted by atomic mass is 15.3. The van der Waals surface area contributed by atoms with Crippen LogP contribution in [0.25, 0.3) is 88.8 Å². The zero-order chi connectivity index (χ0) is 30.2. The van der Waals surface area contributed by atoms with Gasteiger partial charge in [0.2, 0.25) is 11.9 Å². The van der Waals surface area contributed by atoms with Gasteiger partial charge in [-0.2, -0.15) is 15.0 Å². The van der Waals surface area contributed by atoms with Crippen molar-refractivity contribution >= 4 is 65.5 Å². The second-order valence-corrected chi connectivity index (χ2v) is 11.3. The molecule has 0 fully saturated rings. The Kier molecular flexibility index (Phi) is 5.12. The Hall–Kier alpha value is -6.54. The number of rotatable bonds is 3. The minimum Gasteiger partial charge on any atom is -0.262 e. The Morgan fingerprint density at radius 1 is 0.413 bits per heavy atom. The molecular weight excluding hydrogens is 568 g/mol. The van der Waals surface area contributed by atoms with Gasteiger partial charge in [-0.05, 0) is 47.9 Å². The normalized spacial score (nSPS) is 11.9. The van der Waals surface area contributed by atoms with Crippen LogP contribution >= 0.6 is 0 Å². The van der Waals surface area contributed by atoms with E-state index in [9.17, 15) is 0 Å². The highest BCUT2D eigenvalue weighted by Crippen LogP contribution is 2.36. The molecule has 0 amide bonds. The lowest BCUT2D eigenvalue weighted by Gasteiger charge is -2.13. The summed E-state index contributed by atoms with van der Waals surface area (Å²) in [6.45, 7) is 0. The summed E-state index contributed by atoms with van der Waals surface area (Å²) in [5.41, 5.74) is 5.24. The van der Waals surface area contributed by atoms with Crippen LogP contribution in [-0.2, 0) is 0 Å². The summed E-state index contributed by atoms with van der Waals surface area (Å²) in [4.78, 5) is 30.0. The number of hydrogen-bond acceptors (Lipinski definition) is 6. The molecule has 6 aromatic heterocycles. The minimum absolute atomic E-state index is 0.469. The molecule has 6 heterocycles. The summed E-state index contributed by atoms with van der Waals surface area (Å²) in [6, 6.07) is 39.1. The van der Waals surface area contributed by atoms with Gasteiger partial charge in [-0.3, -0.25) is 14.1 Å². The topological polar surface area (TPSA) is 87.2 Å². The number of hydrogen-bond donors (Lipinski definition) is 0. The van der Waals surface area contributed by atoms with E-state index in [4.69, 9.17) is 29.9 Å². The van der Waals surface area contributed by atoms with Crippen molar-refractivity contribution < 1.29 is 0 Å². The smallest absolute Gasteiger partial charge is 0.241 e. The van der Waals surface area contributed by atoms with Crippen LogP contribution in [0.4, 0.5) is 0 Å². The van der Waals surface area contributed by atoms with Crippen LogP contribution in [0.5, 0.6) is 0 Å². The molecule has 0 aliphatic heterocycles. The number of nitrogens with zero attached hydrogens (tertiary/aromatic N) is 8. The van der Waals surface area contributed by atoms with E-state index in [1.807, 2.05) is 63.9 Å². The minimum atomic E-state index is 0.469. The molecule has 214 valence electrons. The fourth-order valence-corrected chi connectivity index (χ4v) is 6.77. The Morgan fingerprint density at radius 3 is 1.63 bits per heavy atom. The number of pyridine rings is 3. The summed E-state index contributed by atoms with van der Waals surface area (Å²) in [5.74, 6) is 1.47. The van der Waals surface area contributed by atoms with Gasteiger partial charge in [0.05, 0.1) is 16.6 Å². The molecule has 10 aromatic rings. The molecule has 4 aromatic carbocycles. The molecule has 0 N–H and O–H groups in total. The lowest BCUT2D eigenvalue weighted by Crippen LogP contribution is -2.11. The van der Waals surface area contributed by atoms with Crippen molar-refractivity contribution in [3.8, 4) is 23.3 Å². The first kappa shape index (κ1) is 24.9. The molecule has 0 radical (unpaired) electrons. The fraction of sp³-hybridized carbons (Fsp3) is 0. The summed E-state index contributed by atoms with van der Waals surface area (Å²) in [5, 5.41) is 7.31. The molecule has 0 aliphatic carbocycles. The molecule has 10 rings (SSSR count). The quantitative estimate of drug-likeness (QED) is 0.193. The van der Waals surface area contributed by atoms with E-state index in [1.54, 1.807) is 12.4 Å². The van der Waals surface area contributed by atoms with Crippen LogP contribution in [0.1, 0.15) is 0 Å². The van der Waals surface area contributed by atoms with Crippen LogP contribution in [0.3, 0.4) is 0 Å². The predicted octanol–water partition coefficient (Wildman–Crippen LogP) is 8.22. The van der Waals surface area contributed by atoms with Gasteiger partial charge in [0, 0.05) is 56.5 Å². The van der Waals surface area contributed by atoms with Gasteiger partial charge in [-0.1, -0.05) is 72.8 Å². The van der Waals surface area contributed by atoms with Gasteiger partial charge >= 0.3 is 0 Å². The van der Waals surface area contributed by atoms with Crippen LogP contribution in [0.15, 0.2) is 134 Å². The molecule has 0 atom stereocenters. The van der Waals surface area contributed by atoms with Crippen LogP contribution in [0.2, 0.25) is 0 Å². The number of fused-ring (bicyclic) bond motifs is 9. The molecule has 0 spiro atoms. The summed E-state index contributed by atoms with van der Waals surface area (Å²) in [6.07, 6.45) is 5.44. The first-order valence-corrected chi connectivity index (χ1v) is 15.1.